The van der Waals surface area contributed by atoms with Gasteiger partial charge in [-0.25, -0.2) is 8.78 Å². The summed E-state index contributed by atoms with van der Waals surface area (Å²) in [5, 5.41) is 8.40. The first-order valence-corrected chi connectivity index (χ1v) is 12.4. The van der Waals surface area contributed by atoms with Gasteiger partial charge in [0.25, 0.3) is 18.2 Å². The molecule has 1 saturated heterocycles. The Morgan fingerprint density at radius 3 is 2.69 bits per heavy atom. The van der Waals surface area contributed by atoms with Crippen LogP contribution in [-0.2, 0) is 14.3 Å². The molecule has 1 saturated carbocycles. The highest BCUT2D eigenvalue weighted by molar-refractivity contribution is 7.18. The van der Waals surface area contributed by atoms with E-state index in [-0.39, 0.29) is 37.2 Å². The number of carbonyl (C=O) groups is 3. The number of rotatable bonds is 10. The van der Waals surface area contributed by atoms with Crippen LogP contribution >= 0.6 is 22.9 Å². The normalized spacial score (nSPS) is 16.9. The van der Waals surface area contributed by atoms with Crippen LogP contribution in [0.5, 0.6) is 0 Å². The number of nitrogens with zero attached hydrogens (tertiary/aromatic N) is 1. The van der Waals surface area contributed by atoms with Gasteiger partial charge in [0.05, 0.1) is 15.8 Å². The minimum absolute atomic E-state index is 0.0305. The topological polar surface area (TPSA) is 99.8 Å². The van der Waals surface area contributed by atoms with Crippen molar-refractivity contribution >= 4 is 52.0 Å². The third-order valence-electron chi connectivity index (χ3n) is 5.76. The van der Waals surface area contributed by atoms with Crippen molar-refractivity contribution in [2.24, 2.45) is 5.92 Å². The van der Waals surface area contributed by atoms with E-state index in [0.717, 1.165) is 24.2 Å². The van der Waals surface area contributed by atoms with Gasteiger partial charge in [-0.05, 0) is 55.6 Å². The number of anilines is 2. The van der Waals surface area contributed by atoms with E-state index in [1.807, 2.05) is 0 Å². The van der Waals surface area contributed by atoms with Gasteiger partial charge in [-0.3, -0.25) is 14.4 Å². The second-order valence-corrected chi connectivity index (χ2v) is 10.1. The molecule has 3 amide bonds. The van der Waals surface area contributed by atoms with Crippen molar-refractivity contribution in [2.75, 3.05) is 43.1 Å². The Balaban J connectivity index is 1.46. The predicted molar refractivity (Wildman–Crippen MR) is 129 cm³/mol. The Morgan fingerprint density at radius 2 is 2.03 bits per heavy atom. The molecule has 1 aliphatic carbocycles. The van der Waals surface area contributed by atoms with E-state index in [4.69, 9.17) is 16.3 Å². The Kier molecular flexibility index (Phi) is 8.32. The van der Waals surface area contributed by atoms with Gasteiger partial charge in [-0.2, -0.15) is 0 Å². The molecular weight excluding hydrogens is 502 g/mol. The molecule has 2 aliphatic rings. The maximum Gasteiger partial charge on any atom is 0.265 e. The van der Waals surface area contributed by atoms with Gasteiger partial charge < -0.3 is 25.6 Å². The fourth-order valence-corrected chi connectivity index (χ4v) is 4.59. The Hall–Kier alpha value is -2.60. The minimum atomic E-state index is -2.87. The lowest BCUT2D eigenvalue weighted by Crippen LogP contribution is -2.49. The van der Waals surface area contributed by atoms with Crippen LogP contribution in [0.15, 0.2) is 30.3 Å². The highest BCUT2D eigenvalue weighted by Crippen LogP contribution is 2.32. The molecular formula is C23H25ClF2N4O4S. The molecule has 1 aromatic heterocycles. The van der Waals surface area contributed by atoms with E-state index < -0.39 is 23.9 Å². The number of carbonyl (C=O) groups excluding carboxylic acids is 3. The monoisotopic (exact) mass is 526 g/mol. The number of morpholine rings is 1. The van der Waals surface area contributed by atoms with Crippen molar-refractivity contribution in [3.8, 4) is 0 Å². The molecule has 2 fully saturated rings. The zero-order valence-electron chi connectivity index (χ0n) is 18.7. The van der Waals surface area contributed by atoms with E-state index in [1.54, 1.807) is 12.1 Å². The maximum atomic E-state index is 13.9. The smallest absolute Gasteiger partial charge is 0.265 e. The van der Waals surface area contributed by atoms with Crippen LogP contribution in [0.3, 0.4) is 0 Å². The van der Waals surface area contributed by atoms with Crippen LogP contribution in [-0.4, -0.2) is 56.6 Å². The van der Waals surface area contributed by atoms with Crippen molar-refractivity contribution in [3.63, 3.8) is 0 Å². The third kappa shape index (κ3) is 6.75. The zero-order chi connectivity index (χ0) is 24.9. The van der Waals surface area contributed by atoms with Crippen LogP contribution in [0.1, 0.15) is 34.5 Å². The SMILES string of the molecule is O=C(NC[C@H](NCC1CC1)C(=O)Nc1ccc(N2CCOCC2=O)cc1C(F)F)c1ccc(Cl)s1. The fourth-order valence-electron chi connectivity index (χ4n) is 3.63. The zero-order valence-corrected chi connectivity index (χ0v) is 20.3. The molecule has 1 aliphatic heterocycles. The Morgan fingerprint density at radius 1 is 1.23 bits per heavy atom. The first-order chi connectivity index (χ1) is 16.8. The second kappa shape index (κ2) is 11.4. The summed E-state index contributed by atoms with van der Waals surface area (Å²) in [5.74, 6) is -0.785. The molecule has 4 rings (SSSR count). The number of amides is 3. The van der Waals surface area contributed by atoms with Gasteiger partial charge in [0.15, 0.2) is 0 Å². The van der Waals surface area contributed by atoms with Gasteiger partial charge in [0.1, 0.15) is 12.6 Å². The van der Waals surface area contributed by atoms with Crippen LogP contribution in [0, 0.1) is 5.92 Å². The quantitative estimate of drug-likeness (QED) is 0.440. The van der Waals surface area contributed by atoms with Crippen molar-refractivity contribution in [2.45, 2.75) is 25.3 Å². The second-order valence-electron chi connectivity index (χ2n) is 8.38. The van der Waals surface area contributed by atoms with Crippen molar-refractivity contribution < 1.29 is 27.9 Å². The van der Waals surface area contributed by atoms with E-state index in [9.17, 15) is 23.2 Å². The molecule has 12 heteroatoms. The van der Waals surface area contributed by atoms with Crippen LogP contribution < -0.4 is 20.9 Å². The van der Waals surface area contributed by atoms with Crippen LogP contribution in [0.2, 0.25) is 4.34 Å². The summed E-state index contributed by atoms with van der Waals surface area (Å²) in [5.41, 5.74) is -0.130. The standard InChI is InChI=1S/C23H25ClF2N4O4S/c24-19-6-5-18(35-19)23(33)28-11-17(27-10-13-1-2-13)22(32)29-16-4-3-14(9-15(16)21(25)26)30-7-8-34-12-20(30)31/h3-6,9,13,17,21,27H,1-2,7-8,10-12H2,(H,28,33)(H,29,32)/t17-/m0/s1. The summed E-state index contributed by atoms with van der Waals surface area (Å²) < 4.78 is 33.3. The predicted octanol–water partition coefficient (Wildman–Crippen LogP) is 3.44. The lowest BCUT2D eigenvalue weighted by atomic mass is 10.1. The molecule has 0 bridgehead atoms. The average Bonchev–Trinajstić information content (AvgIpc) is 3.56. The molecule has 0 spiro atoms. The number of ether oxygens (including phenoxy) is 1. The number of thiophene rings is 1. The van der Waals surface area contributed by atoms with Gasteiger partial charge in [0, 0.05) is 30.0 Å². The average molecular weight is 527 g/mol. The molecule has 35 heavy (non-hydrogen) atoms. The summed E-state index contributed by atoms with van der Waals surface area (Å²) in [6.45, 7) is 1.01. The molecule has 1 atom stereocenters. The van der Waals surface area contributed by atoms with Gasteiger partial charge >= 0.3 is 0 Å². The third-order valence-corrected chi connectivity index (χ3v) is 6.99. The summed E-state index contributed by atoms with van der Waals surface area (Å²) in [4.78, 5) is 39.3. The number of alkyl halides is 2. The van der Waals surface area contributed by atoms with E-state index >= 15 is 0 Å². The minimum Gasteiger partial charge on any atom is -0.370 e. The Bertz CT molecular complexity index is 1100. The van der Waals surface area contributed by atoms with Crippen molar-refractivity contribution in [3.05, 3.63) is 45.1 Å². The molecule has 188 valence electrons. The molecule has 1 aromatic carbocycles. The summed E-state index contributed by atoms with van der Waals surface area (Å²) >= 11 is 7.00. The van der Waals surface area contributed by atoms with Gasteiger partial charge in [-0.1, -0.05) is 11.6 Å². The number of benzene rings is 1. The molecule has 2 heterocycles. The van der Waals surface area contributed by atoms with E-state index in [2.05, 4.69) is 16.0 Å². The van der Waals surface area contributed by atoms with Crippen molar-refractivity contribution in [1.82, 2.24) is 10.6 Å². The summed E-state index contributed by atoms with van der Waals surface area (Å²) in [6.07, 6.45) is -0.764. The largest absolute Gasteiger partial charge is 0.370 e. The van der Waals surface area contributed by atoms with Gasteiger partial charge in [-0.15, -0.1) is 11.3 Å². The first-order valence-electron chi connectivity index (χ1n) is 11.2. The lowest BCUT2D eigenvalue weighted by molar-refractivity contribution is -0.125. The van der Waals surface area contributed by atoms with Crippen LogP contribution in [0.25, 0.3) is 0 Å². The maximum absolute atomic E-state index is 13.9. The molecule has 0 radical (unpaired) electrons. The lowest BCUT2D eigenvalue weighted by Gasteiger charge is -2.28. The number of halogens is 3. The Labute approximate surface area is 210 Å². The number of hydrogen-bond donors (Lipinski definition) is 3. The highest BCUT2D eigenvalue weighted by atomic mass is 35.5. The number of nitrogens with one attached hydrogen (secondary N) is 3. The molecule has 0 unspecified atom stereocenters. The number of hydrogen-bond acceptors (Lipinski definition) is 6. The van der Waals surface area contributed by atoms with E-state index in [1.165, 1.54) is 23.1 Å². The highest BCUT2D eigenvalue weighted by Gasteiger charge is 2.28. The summed E-state index contributed by atoms with van der Waals surface area (Å²) in [6, 6.07) is 6.45. The van der Waals surface area contributed by atoms with Crippen LogP contribution in [0.4, 0.5) is 20.2 Å². The molecule has 8 nitrogen and oxygen atoms in total. The van der Waals surface area contributed by atoms with Gasteiger partial charge in [0.2, 0.25) is 5.91 Å². The van der Waals surface area contributed by atoms with Crippen molar-refractivity contribution in [1.29, 1.82) is 0 Å². The molecule has 3 N–H and O–H groups in total. The van der Waals surface area contributed by atoms with E-state index in [0.29, 0.717) is 34.0 Å². The first kappa shape index (κ1) is 25.5. The molecule has 2 aromatic rings. The summed E-state index contributed by atoms with van der Waals surface area (Å²) in [7, 11) is 0. The fraction of sp³-hybridized carbons (Fsp3) is 0.435.